The van der Waals surface area contributed by atoms with Crippen molar-refractivity contribution in [3.05, 3.63) is 11.3 Å². The lowest BCUT2D eigenvalue weighted by Gasteiger charge is -2.17. The van der Waals surface area contributed by atoms with Gasteiger partial charge in [0.25, 0.3) is 0 Å². The minimum Gasteiger partial charge on any atom is -0.383 e. The number of hydrogen-bond donors (Lipinski definition) is 3. The van der Waals surface area contributed by atoms with Crippen LogP contribution in [0.25, 0.3) is 0 Å². The Hall–Kier alpha value is -1.44. The largest absolute Gasteiger partial charge is 0.383 e. The van der Waals surface area contributed by atoms with Gasteiger partial charge >= 0.3 is 0 Å². The quantitative estimate of drug-likeness (QED) is 0.637. The second-order valence-electron chi connectivity index (χ2n) is 6.10. The first-order valence-electron chi connectivity index (χ1n) is 8.51. The van der Waals surface area contributed by atoms with E-state index in [1.54, 1.807) is 7.11 Å². The van der Waals surface area contributed by atoms with E-state index in [1.165, 1.54) is 5.56 Å². The van der Waals surface area contributed by atoms with Gasteiger partial charge in [0.2, 0.25) is 5.95 Å². The van der Waals surface area contributed by atoms with Crippen LogP contribution in [-0.2, 0) is 22.3 Å². The predicted octanol–water partition coefficient (Wildman–Crippen LogP) is 0.672. The molecular weight excluding hydrogens is 294 g/mol. The maximum absolute atomic E-state index is 5.46. The van der Waals surface area contributed by atoms with Crippen molar-refractivity contribution >= 4 is 11.8 Å². The van der Waals surface area contributed by atoms with Gasteiger partial charge in [0, 0.05) is 51.3 Å². The van der Waals surface area contributed by atoms with E-state index >= 15 is 0 Å². The van der Waals surface area contributed by atoms with Crippen molar-refractivity contribution in [2.75, 3.05) is 63.7 Å². The van der Waals surface area contributed by atoms with Crippen molar-refractivity contribution in [1.29, 1.82) is 0 Å². The van der Waals surface area contributed by atoms with Crippen LogP contribution in [0.5, 0.6) is 0 Å². The fourth-order valence-electron chi connectivity index (χ4n) is 3.02. The average Bonchev–Trinajstić information content (AvgIpc) is 2.97. The summed E-state index contributed by atoms with van der Waals surface area (Å²) in [5.74, 6) is 2.24. The summed E-state index contributed by atoms with van der Waals surface area (Å²) < 4.78 is 10.5. The Bertz CT molecular complexity index is 505. The highest BCUT2D eigenvalue weighted by Gasteiger charge is 2.19. The maximum Gasteiger partial charge on any atom is 0.224 e. The lowest BCUT2D eigenvalue weighted by molar-refractivity contribution is 0.187. The highest BCUT2D eigenvalue weighted by molar-refractivity contribution is 5.51. The summed E-state index contributed by atoms with van der Waals surface area (Å²) in [6.45, 7) is 5.94. The zero-order valence-corrected chi connectivity index (χ0v) is 13.9. The van der Waals surface area contributed by atoms with Gasteiger partial charge in [0.15, 0.2) is 0 Å². The van der Waals surface area contributed by atoms with Crippen molar-refractivity contribution in [2.24, 2.45) is 5.92 Å². The topological polar surface area (TPSA) is 80.3 Å². The van der Waals surface area contributed by atoms with Gasteiger partial charge in [-0.25, -0.2) is 4.98 Å². The standard InChI is InChI=1S/C16H27N5O2/c1-22-9-7-18-16-20-14-3-6-17-5-2-13(14)15(21-16)19-10-12-4-8-23-11-12/h12,17H,2-11H2,1H3,(H2,18,19,20,21)/t12-/m1/s1. The number of rotatable bonds is 7. The van der Waals surface area contributed by atoms with Crippen LogP contribution in [0.4, 0.5) is 11.8 Å². The van der Waals surface area contributed by atoms with Crippen LogP contribution < -0.4 is 16.0 Å². The molecule has 23 heavy (non-hydrogen) atoms. The molecule has 3 N–H and O–H groups in total. The molecule has 0 spiro atoms. The third-order valence-electron chi connectivity index (χ3n) is 4.35. The van der Waals surface area contributed by atoms with Crippen molar-refractivity contribution in [3.8, 4) is 0 Å². The van der Waals surface area contributed by atoms with Crippen LogP contribution in [0.1, 0.15) is 17.7 Å². The number of methoxy groups -OCH3 is 1. The van der Waals surface area contributed by atoms with Gasteiger partial charge in [-0.05, 0) is 19.4 Å². The molecule has 1 atom stereocenters. The SMILES string of the molecule is COCCNc1nc2c(c(NC[C@H]3CCOC3)n1)CCNCC2. The third-order valence-corrected chi connectivity index (χ3v) is 4.35. The minimum absolute atomic E-state index is 0.578. The molecule has 7 heteroatoms. The summed E-state index contributed by atoms with van der Waals surface area (Å²) >= 11 is 0. The van der Waals surface area contributed by atoms with E-state index in [4.69, 9.17) is 19.4 Å². The number of hydrogen-bond acceptors (Lipinski definition) is 7. The van der Waals surface area contributed by atoms with E-state index in [0.29, 0.717) is 25.0 Å². The summed E-state index contributed by atoms with van der Waals surface area (Å²) in [6.07, 6.45) is 3.04. The molecule has 3 rings (SSSR count). The predicted molar refractivity (Wildman–Crippen MR) is 90.1 cm³/mol. The van der Waals surface area contributed by atoms with Crippen molar-refractivity contribution < 1.29 is 9.47 Å². The highest BCUT2D eigenvalue weighted by atomic mass is 16.5. The van der Waals surface area contributed by atoms with E-state index in [1.807, 2.05) is 0 Å². The molecule has 128 valence electrons. The molecule has 0 unspecified atom stereocenters. The van der Waals surface area contributed by atoms with Gasteiger partial charge < -0.3 is 25.4 Å². The molecule has 1 fully saturated rings. The summed E-state index contributed by atoms with van der Waals surface area (Å²) in [4.78, 5) is 9.41. The molecule has 2 aliphatic heterocycles. The summed E-state index contributed by atoms with van der Waals surface area (Å²) in [6, 6.07) is 0. The Balaban J connectivity index is 1.74. The molecule has 0 saturated carbocycles. The van der Waals surface area contributed by atoms with Gasteiger partial charge in [0.05, 0.1) is 18.9 Å². The zero-order chi connectivity index (χ0) is 15.9. The van der Waals surface area contributed by atoms with Gasteiger partial charge in [-0.15, -0.1) is 0 Å². The Kier molecular flexibility index (Phi) is 6.01. The average molecular weight is 321 g/mol. The van der Waals surface area contributed by atoms with Gasteiger partial charge in [0.1, 0.15) is 5.82 Å². The second-order valence-corrected chi connectivity index (χ2v) is 6.10. The van der Waals surface area contributed by atoms with E-state index in [0.717, 1.165) is 63.6 Å². The smallest absolute Gasteiger partial charge is 0.224 e. The van der Waals surface area contributed by atoms with Crippen LogP contribution in [-0.4, -0.2) is 63.1 Å². The van der Waals surface area contributed by atoms with E-state index in [-0.39, 0.29) is 0 Å². The molecule has 3 heterocycles. The molecular formula is C16H27N5O2. The number of ether oxygens (including phenoxy) is 2. The van der Waals surface area contributed by atoms with Crippen molar-refractivity contribution in [3.63, 3.8) is 0 Å². The van der Waals surface area contributed by atoms with E-state index < -0.39 is 0 Å². The number of nitrogens with one attached hydrogen (secondary N) is 3. The van der Waals surface area contributed by atoms with Crippen molar-refractivity contribution in [2.45, 2.75) is 19.3 Å². The van der Waals surface area contributed by atoms with Gasteiger partial charge in [-0.2, -0.15) is 4.98 Å². The summed E-state index contributed by atoms with van der Waals surface area (Å²) in [5.41, 5.74) is 2.40. The Labute approximate surface area is 137 Å². The van der Waals surface area contributed by atoms with Gasteiger partial charge in [-0.1, -0.05) is 0 Å². The van der Waals surface area contributed by atoms with Crippen LogP contribution in [0.15, 0.2) is 0 Å². The van der Waals surface area contributed by atoms with Crippen LogP contribution in [0.2, 0.25) is 0 Å². The highest BCUT2D eigenvalue weighted by Crippen LogP contribution is 2.22. The lowest BCUT2D eigenvalue weighted by atomic mass is 10.1. The summed E-state index contributed by atoms with van der Waals surface area (Å²) in [7, 11) is 1.70. The molecule has 2 aliphatic rings. The summed E-state index contributed by atoms with van der Waals surface area (Å²) in [5, 5.41) is 10.2. The monoisotopic (exact) mass is 321 g/mol. The Morgan fingerprint density at radius 1 is 1.26 bits per heavy atom. The number of aromatic nitrogens is 2. The third kappa shape index (κ3) is 4.53. The molecule has 0 amide bonds. The Morgan fingerprint density at radius 2 is 2.17 bits per heavy atom. The Morgan fingerprint density at radius 3 is 3.00 bits per heavy atom. The fourth-order valence-corrected chi connectivity index (χ4v) is 3.02. The first kappa shape index (κ1) is 16.4. The van der Waals surface area contributed by atoms with E-state index in [9.17, 15) is 0 Å². The molecule has 1 saturated heterocycles. The molecule has 0 aliphatic carbocycles. The first-order chi connectivity index (χ1) is 11.4. The zero-order valence-electron chi connectivity index (χ0n) is 13.9. The first-order valence-corrected chi connectivity index (χ1v) is 8.51. The molecule has 1 aromatic rings. The number of fused-ring (bicyclic) bond motifs is 1. The molecule has 0 bridgehead atoms. The van der Waals surface area contributed by atoms with E-state index in [2.05, 4.69) is 16.0 Å². The van der Waals surface area contributed by atoms with Crippen LogP contribution in [0.3, 0.4) is 0 Å². The molecule has 0 radical (unpaired) electrons. The lowest BCUT2D eigenvalue weighted by Crippen LogP contribution is -2.19. The minimum atomic E-state index is 0.578. The molecule has 1 aromatic heterocycles. The van der Waals surface area contributed by atoms with Crippen LogP contribution >= 0.6 is 0 Å². The van der Waals surface area contributed by atoms with Crippen molar-refractivity contribution in [1.82, 2.24) is 15.3 Å². The number of nitrogens with zero attached hydrogens (tertiary/aromatic N) is 2. The normalized spacial score (nSPS) is 20.8. The fraction of sp³-hybridized carbons (Fsp3) is 0.750. The molecule has 7 nitrogen and oxygen atoms in total. The second kappa shape index (κ2) is 8.42. The maximum atomic E-state index is 5.46. The molecule has 0 aromatic carbocycles. The van der Waals surface area contributed by atoms with Gasteiger partial charge in [-0.3, -0.25) is 0 Å². The van der Waals surface area contributed by atoms with Crippen LogP contribution in [0, 0.1) is 5.92 Å². The number of anilines is 2.